The molecule has 0 bridgehead atoms. The van der Waals surface area contributed by atoms with E-state index in [0.29, 0.717) is 6.04 Å². The molecule has 112 valence electrons. The lowest BCUT2D eigenvalue weighted by atomic mass is 9.79. The summed E-state index contributed by atoms with van der Waals surface area (Å²) in [7, 11) is 0. The van der Waals surface area contributed by atoms with Gasteiger partial charge in [-0.2, -0.15) is 0 Å². The predicted octanol–water partition coefficient (Wildman–Crippen LogP) is 4.52. The smallest absolute Gasteiger partial charge is 0.120 e. The van der Waals surface area contributed by atoms with Crippen molar-refractivity contribution in [2.75, 3.05) is 13.2 Å². The lowest BCUT2D eigenvalue weighted by molar-refractivity contribution is 0.171. The van der Waals surface area contributed by atoms with Gasteiger partial charge in [-0.3, -0.25) is 0 Å². The maximum Gasteiger partial charge on any atom is 0.120 e. The second-order valence-electron chi connectivity index (χ2n) is 5.95. The minimum atomic E-state index is 0.450. The highest BCUT2D eigenvalue weighted by Crippen LogP contribution is 2.30. The highest BCUT2D eigenvalue weighted by Gasteiger charge is 2.26. The molecule has 0 radical (unpaired) electrons. The molecule has 1 aromatic carbocycles. The third-order valence-corrected chi connectivity index (χ3v) is 4.56. The average Bonchev–Trinajstić information content (AvgIpc) is 2.44. The molecule has 0 heterocycles. The van der Waals surface area contributed by atoms with Crippen LogP contribution in [0.5, 0.6) is 5.75 Å². The van der Waals surface area contributed by atoms with Crippen LogP contribution in [0, 0.1) is 11.8 Å². The Kier molecular flexibility index (Phi) is 6.18. The van der Waals surface area contributed by atoms with Gasteiger partial charge >= 0.3 is 0 Å². The summed E-state index contributed by atoms with van der Waals surface area (Å²) in [6, 6.07) is 8.11. The topological polar surface area (TPSA) is 21.3 Å². The van der Waals surface area contributed by atoms with Gasteiger partial charge in [0.1, 0.15) is 12.4 Å². The lowest BCUT2D eigenvalue weighted by Gasteiger charge is -2.33. The van der Waals surface area contributed by atoms with Gasteiger partial charge in [0.2, 0.25) is 0 Å². The molecule has 3 heteroatoms. The van der Waals surface area contributed by atoms with Gasteiger partial charge < -0.3 is 10.1 Å². The average molecular weight is 296 g/mol. The molecule has 1 saturated carbocycles. The van der Waals surface area contributed by atoms with Gasteiger partial charge in [0, 0.05) is 11.1 Å². The van der Waals surface area contributed by atoms with Crippen LogP contribution >= 0.6 is 11.6 Å². The van der Waals surface area contributed by atoms with Gasteiger partial charge in [0.25, 0.3) is 0 Å². The van der Waals surface area contributed by atoms with Gasteiger partial charge in [0.05, 0.1) is 0 Å². The van der Waals surface area contributed by atoms with E-state index >= 15 is 0 Å². The Morgan fingerprint density at radius 1 is 1.30 bits per heavy atom. The van der Waals surface area contributed by atoms with E-state index in [1.165, 1.54) is 25.7 Å². The number of rotatable bonds is 6. The Balaban J connectivity index is 1.88. The second kappa shape index (κ2) is 7.90. The van der Waals surface area contributed by atoms with Gasteiger partial charge in [0.15, 0.2) is 0 Å². The third kappa shape index (κ3) is 4.68. The fraction of sp³-hybridized carbons (Fsp3) is 0.647. The maximum atomic E-state index is 5.99. The normalized spacial score (nSPS) is 24.4. The Morgan fingerprint density at radius 2 is 2.05 bits per heavy atom. The minimum absolute atomic E-state index is 0.450. The molecular formula is C17H26ClNO. The van der Waals surface area contributed by atoms with Gasteiger partial charge in [-0.1, -0.05) is 44.4 Å². The molecule has 1 fully saturated rings. The van der Waals surface area contributed by atoms with Gasteiger partial charge in [-0.05, 0) is 49.4 Å². The van der Waals surface area contributed by atoms with Crippen molar-refractivity contribution >= 4 is 11.6 Å². The zero-order valence-corrected chi connectivity index (χ0v) is 13.3. The van der Waals surface area contributed by atoms with Crippen molar-refractivity contribution in [1.82, 2.24) is 5.32 Å². The van der Waals surface area contributed by atoms with E-state index in [2.05, 4.69) is 19.2 Å². The van der Waals surface area contributed by atoms with Crippen molar-refractivity contribution in [3.8, 4) is 5.75 Å². The second-order valence-corrected chi connectivity index (χ2v) is 6.39. The van der Waals surface area contributed by atoms with Crippen LogP contribution < -0.4 is 10.1 Å². The monoisotopic (exact) mass is 295 g/mol. The fourth-order valence-corrected chi connectivity index (χ4v) is 3.24. The summed E-state index contributed by atoms with van der Waals surface area (Å²) in [6.07, 6.45) is 5.34. The number of likely N-dealkylation sites (N-methyl/N-ethyl adjacent to an activating group) is 1. The number of halogens is 1. The van der Waals surface area contributed by atoms with Crippen molar-refractivity contribution in [3.63, 3.8) is 0 Å². The Bertz CT molecular complexity index is 402. The first-order valence-corrected chi connectivity index (χ1v) is 8.18. The molecule has 0 amide bonds. The van der Waals surface area contributed by atoms with E-state index in [1.807, 2.05) is 24.3 Å². The largest absolute Gasteiger partial charge is 0.492 e. The van der Waals surface area contributed by atoms with Crippen LogP contribution in [-0.2, 0) is 0 Å². The van der Waals surface area contributed by atoms with Crippen molar-refractivity contribution in [3.05, 3.63) is 29.3 Å². The van der Waals surface area contributed by atoms with Crippen LogP contribution in [-0.4, -0.2) is 19.2 Å². The summed E-state index contributed by atoms with van der Waals surface area (Å²) in [6.45, 7) is 6.25. The van der Waals surface area contributed by atoms with Crippen molar-refractivity contribution in [1.29, 1.82) is 0 Å². The molecule has 2 rings (SSSR count). The molecule has 1 aromatic rings. The highest BCUT2D eigenvalue weighted by atomic mass is 35.5. The molecular weight excluding hydrogens is 270 g/mol. The molecule has 1 unspecified atom stereocenters. The van der Waals surface area contributed by atoms with Crippen molar-refractivity contribution in [2.45, 2.75) is 45.6 Å². The van der Waals surface area contributed by atoms with Gasteiger partial charge in [-0.25, -0.2) is 0 Å². The summed E-state index contributed by atoms with van der Waals surface area (Å²) < 4.78 is 5.93. The molecule has 1 aliphatic carbocycles. The summed E-state index contributed by atoms with van der Waals surface area (Å²) in [5.74, 6) is 2.50. The molecule has 1 N–H and O–H groups in total. The van der Waals surface area contributed by atoms with E-state index in [4.69, 9.17) is 16.3 Å². The first kappa shape index (κ1) is 15.7. The van der Waals surface area contributed by atoms with E-state index in [0.717, 1.165) is 35.8 Å². The summed E-state index contributed by atoms with van der Waals surface area (Å²) >= 11 is 5.99. The Labute approximate surface area is 127 Å². The van der Waals surface area contributed by atoms with Gasteiger partial charge in [-0.15, -0.1) is 0 Å². The van der Waals surface area contributed by atoms with E-state index in [-0.39, 0.29) is 0 Å². The van der Waals surface area contributed by atoms with Crippen LogP contribution in [0.2, 0.25) is 5.02 Å². The first-order valence-electron chi connectivity index (χ1n) is 7.80. The summed E-state index contributed by atoms with van der Waals surface area (Å²) in [4.78, 5) is 0. The molecule has 0 aliphatic heterocycles. The van der Waals surface area contributed by atoms with Crippen molar-refractivity contribution in [2.24, 2.45) is 11.8 Å². The zero-order valence-electron chi connectivity index (χ0n) is 12.6. The quantitative estimate of drug-likeness (QED) is 0.833. The van der Waals surface area contributed by atoms with Crippen LogP contribution in [0.15, 0.2) is 24.3 Å². The number of nitrogens with one attached hydrogen (secondary N) is 1. The number of hydrogen-bond donors (Lipinski definition) is 1. The molecule has 0 saturated heterocycles. The zero-order chi connectivity index (χ0) is 14.4. The van der Waals surface area contributed by atoms with E-state index < -0.39 is 0 Å². The first-order chi connectivity index (χ1) is 9.69. The lowest BCUT2D eigenvalue weighted by Crippen LogP contribution is -2.42. The maximum absolute atomic E-state index is 5.99. The summed E-state index contributed by atoms with van der Waals surface area (Å²) in [5.41, 5.74) is 0. The third-order valence-electron chi connectivity index (χ3n) is 4.32. The Hall–Kier alpha value is -0.730. The number of hydrogen-bond acceptors (Lipinski definition) is 2. The standard InChI is InChI=1S/C17H26ClNO/c1-3-19-17(14-9-7-13(2)8-10-14)12-20-16-6-4-5-15(18)11-16/h4-6,11,13-14,17,19H,3,7-10,12H2,1-2H3. The number of ether oxygens (including phenoxy) is 1. The van der Waals surface area contributed by atoms with E-state index in [1.54, 1.807) is 0 Å². The molecule has 2 nitrogen and oxygen atoms in total. The fourth-order valence-electron chi connectivity index (χ4n) is 3.05. The minimum Gasteiger partial charge on any atom is -0.492 e. The van der Waals surface area contributed by atoms with Crippen LogP contribution in [0.4, 0.5) is 0 Å². The predicted molar refractivity (Wildman–Crippen MR) is 85.5 cm³/mol. The molecule has 0 aromatic heterocycles. The number of benzene rings is 1. The molecule has 0 spiro atoms. The molecule has 20 heavy (non-hydrogen) atoms. The Morgan fingerprint density at radius 3 is 2.70 bits per heavy atom. The highest BCUT2D eigenvalue weighted by molar-refractivity contribution is 6.30. The molecule has 1 aliphatic rings. The summed E-state index contributed by atoms with van der Waals surface area (Å²) in [5, 5.41) is 4.32. The van der Waals surface area contributed by atoms with Crippen LogP contribution in [0.1, 0.15) is 39.5 Å². The van der Waals surface area contributed by atoms with Crippen LogP contribution in [0.25, 0.3) is 0 Å². The SMILES string of the molecule is CCNC(COc1cccc(Cl)c1)C1CCC(C)CC1. The van der Waals surface area contributed by atoms with Crippen LogP contribution in [0.3, 0.4) is 0 Å². The van der Waals surface area contributed by atoms with Crippen molar-refractivity contribution < 1.29 is 4.74 Å². The van der Waals surface area contributed by atoms with E-state index in [9.17, 15) is 0 Å². The molecule has 1 atom stereocenters.